The SMILES string of the molecule is CC(=O)N(CC(=O)Nc1ccc(C)c(C)c1)c1c(C)cc(C)cc1Cl. The van der Waals surface area contributed by atoms with Gasteiger partial charge in [0.15, 0.2) is 0 Å². The fourth-order valence-electron chi connectivity index (χ4n) is 2.76. The van der Waals surface area contributed by atoms with Crippen LogP contribution in [0.5, 0.6) is 0 Å². The number of carbonyl (C=O) groups is 2. The Balaban J connectivity index is 2.23. The second-order valence-electron chi connectivity index (χ2n) is 6.36. The van der Waals surface area contributed by atoms with E-state index in [0.29, 0.717) is 16.4 Å². The van der Waals surface area contributed by atoms with E-state index in [1.165, 1.54) is 11.8 Å². The van der Waals surface area contributed by atoms with Gasteiger partial charge in [-0.3, -0.25) is 9.59 Å². The Morgan fingerprint density at radius 1 is 1.00 bits per heavy atom. The first kappa shape index (κ1) is 19.0. The second kappa shape index (κ2) is 7.70. The van der Waals surface area contributed by atoms with E-state index in [1.807, 2.05) is 52.0 Å². The number of hydrogen-bond donors (Lipinski definition) is 1. The molecule has 0 aromatic heterocycles. The summed E-state index contributed by atoms with van der Waals surface area (Å²) in [4.78, 5) is 26.0. The molecule has 0 aliphatic rings. The molecule has 0 atom stereocenters. The van der Waals surface area contributed by atoms with E-state index < -0.39 is 0 Å². The van der Waals surface area contributed by atoms with Crippen LogP contribution in [0.3, 0.4) is 0 Å². The molecule has 0 fully saturated rings. The minimum atomic E-state index is -0.269. The van der Waals surface area contributed by atoms with Crippen molar-refractivity contribution in [3.63, 3.8) is 0 Å². The smallest absolute Gasteiger partial charge is 0.244 e. The monoisotopic (exact) mass is 358 g/mol. The number of anilines is 2. The number of nitrogens with zero attached hydrogens (tertiary/aromatic N) is 1. The highest BCUT2D eigenvalue weighted by molar-refractivity contribution is 6.34. The summed E-state index contributed by atoms with van der Waals surface area (Å²) < 4.78 is 0. The Labute approximate surface area is 153 Å². The molecule has 0 radical (unpaired) electrons. The Morgan fingerprint density at radius 2 is 1.68 bits per heavy atom. The lowest BCUT2D eigenvalue weighted by Crippen LogP contribution is -2.37. The minimum absolute atomic E-state index is 0.0914. The Hall–Kier alpha value is -2.33. The van der Waals surface area contributed by atoms with Gasteiger partial charge in [-0.2, -0.15) is 0 Å². The molecular formula is C20H23ClN2O2. The highest BCUT2D eigenvalue weighted by Crippen LogP contribution is 2.31. The van der Waals surface area contributed by atoms with E-state index >= 15 is 0 Å². The highest BCUT2D eigenvalue weighted by atomic mass is 35.5. The number of carbonyl (C=O) groups excluding carboxylic acids is 2. The van der Waals surface area contributed by atoms with E-state index in [-0.39, 0.29) is 18.4 Å². The van der Waals surface area contributed by atoms with Gasteiger partial charge in [-0.1, -0.05) is 23.7 Å². The molecule has 132 valence electrons. The predicted molar refractivity (Wildman–Crippen MR) is 103 cm³/mol. The van der Waals surface area contributed by atoms with Gasteiger partial charge in [0.2, 0.25) is 11.8 Å². The molecule has 5 heteroatoms. The van der Waals surface area contributed by atoms with Gasteiger partial charge in [0.05, 0.1) is 10.7 Å². The van der Waals surface area contributed by atoms with Crippen molar-refractivity contribution in [3.05, 3.63) is 57.6 Å². The van der Waals surface area contributed by atoms with Crippen LogP contribution in [0.25, 0.3) is 0 Å². The van der Waals surface area contributed by atoms with Gasteiger partial charge in [0.1, 0.15) is 6.54 Å². The molecule has 0 spiro atoms. The lowest BCUT2D eigenvalue weighted by Gasteiger charge is -2.24. The molecule has 2 aromatic rings. The van der Waals surface area contributed by atoms with Crippen LogP contribution in [-0.2, 0) is 9.59 Å². The molecular weight excluding hydrogens is 336 g/mol. The highest BCUT2D eigenvalue weighted by Gasteiger charge is 2.20. The van der Waals surface area contributed by atoms with Crippen molar-refractivity contribution < 1.29 is 9.59 Å². The molecule has 4 nitrogen and oxygen atoms in total. The first-order valence-electron chi connectivity index (χ1n) is 8.11. The molecule has 0 aliphatic carbocycles. The summed E-state index contributed by atoms with van der Waals surface area (Å²) in [5.41, 5.74) is 5.41. The zero-order chi connectivity index (χ0) is 18.7. The summed E-state index contributed by atoms with van der Waals surface area (Å²) in [6.07, 6.45) is 0. The van der Waals surface area contributed by atoms with E-state index in [2.05, 4.69) is 5.32 Å². The maximum absolute atomic E-state index is 12.4. The average Bonchev–Trinajstić information content (AvgIpc) is 2.48. The topological polar surface area (TPSA) is 49.4 Å². The lowest BCUT2D eigenvalue weighted by molar-refractivity contribution is -0.120. The largest absolute Gasteiger partial charge is 0.325 e. The molecule has 2 aromatic carbocycles. The number of amides is 2. The first-order chi connectivity index (χ1) is 11.7. The molecule has 0 aliphatic heterocycles. The second-order valence-corrected chi connectivity index (χ2v) is 6.77. The maximum atomic E-state index is 12.4. The number of benzene rings is 2. The van der Waals surface area contributed by atoms with Crippen LogP contribution in [0, 0.1) is 27.7 Å². The Morgan fingerprint density at radius 3 is 2.24 bits per heavy atom. The van der Waals surface area contributed by atoms with Gasteiger partial charge in [0.25, 0.3) is 0 Å². The third kappa shape index (κ3) is 4.60. The normalized spacial score (nSPS) is 10.5. The zero-order valence-electron chi connectivity index (χ0n) is 15.2. The summed E-state index contributed by atoms with van der Waals surface area (Å²) in [7, 11) is 0. The first-order valence-corrected chi connectivity index (χ1v) is 8.48. The third-order valence-electron chi connectivity index (χ3n) is 4.14. The van der Waals surface area contributed by atoms with Crippen molar-refractivity contribution in [2.75, 3.05) is 16.8 Å². The molecule has 0 unspecified atom stereocenters. The quantitative estimate of drug-likeness (QED) is 0.870. The standard InChI is InChI=1S/C20H23ClN2O2/c1-12-8-15(4)20(18(21)9-12)23(16(5)24)11-19(25)22-17-7-6-13(2)14(3)10-17/h6-10H,11H2,1-5H3,(H,22,25). The molecule has 2 amide bonds. The van der Waals surface area contributed by atoms with Gasteiger partial charge in [-0.15, -0.1) is 0 Å². The van der Waals surface area contributed by atoms with Crippen LogP contribution in [0.2, 0.25) is 5.02 Å². The predicted octanol–water partition coefficient (Wildman–Crippen LogP) is 4.57. The molecule has 2 rings (SSSR count). The number of halogens is 1. The number of hydrogen-bond acceptors (Lipinski definition) is 2. The average molecular weight is 359 g/mol. The lowest BCUT2D eigenvalue weighted by atomic mass is 10.1. The van der Waals surface area contributed by atoms with Crippen molar-refractivity contribution in [3.8, 4) is 0 Å². The molecule has 0 bridgehead atoms. The summed E-state index contributed by atoms with van der Waals surface area (Å²) in [5.74, 6) is -0.501. The van der Waals surface area contributed by atoms with Crippen molar-refractivity contribution >= 4 is 34.8 Å². The van der Waals surface area contributed by atoms with Crippen molar-refractivity contribution in [2.45, 2.75) is 34.6 Å². The van der Waals surface area contributed by atoms with Gasteiger partial charge >= 0.3 is 0 Å². The van der Waals surface area contributed by atoms with Gasteiger partial charge in [-0.05, 0) is 68.1 Å². The van der Waals surface area contributed by atoms with Crippen LogP contribution >= 0.6 is 11.6 Å². The molecule has 0 saturated carbocycles. The molecule has 25 heavy (non-hydrogen) atoms. The van der Waals surface area contributed by atoms with Gasteiger partial charge in [-0.25, -0.2) is 0 Å². The van der Waals surface area contributed by atoms with Gasteiger partial charge < -0.3 is 10.2 Å². The Bertz CT molecular complexity index is 807. The van der Waals surface area contributed by atoms with E-state index in [1.54, 1.807) is 6.07 Å². The van der Waals surface area contributed by atoms with Crippen LogP contribution < -0.4 is 10.2 Å². The number of rotatable bonds is 4. The molecule has 0 heterocycles. The van der Waals surface area contributed by atoms with Crippen molar-refractivity contribution in [2.24, 2.45) is 0 Å². The summed E-state index contributed by atoms with van der Waals surface area (Å²) >= 11 is 6.33. The molecule has 0 saturated heterocycles. The van der Waals surface area contributed by atoms with Crippen LogP contribution in [0.15, 0.2) is 30.3 Å². The van der Waals surface area contributed by atoms with E-state index in [0.717, 1.165) is 22.3 Å². The summed E-state index contributed by atoms with van der Waals surface area (Å²) in [5, 5.41) is 3.30. The van der Waals surface area contributed by atoms with Crippen LogP contribution in [-0.4, -0.2) is 18.4 Å². The summed E-state index contributed by atoms with van der Waals surface area (Å²) in [6, 6.07) is 9.45. The van der Waals surface area contributed by atoms with Gasteiger partial charge in [0, 0.05) is 12.6 Å². The zero-order valence-corrected chi connectivity index (χ0v) is 16.0. The fourth-order valence-corrected chi connectivity index (χ4v) is 3.18. The molecule has 1 N–H and O–H groups in total. The summed E-state index contributed by atoms with van der Waals surface area (Å²) in [6.45, 7) is 9.16. The van der Waals surface area contributed by atoms with E-state index in [4.69, 9.17) is 11.6 Å². The van der Waals surface area contributed by atoms with Crippen LogP contribution in [0.4, 0.5) is 11.4 Å². The minimum Gasteiger partial charge on any atom is -0.325 e. The fraction of sp³-hybridized carbons (Fsp3) is 0.300. The van der Waals surface area contributed by atoms with E-state index in [9.17, 15) is 9.59 Å². The number of aryl methyl sites for hydroxylation is 4. The van der Waals surface area contributed by atoms with Crippen molar-refractivity contribution in [1.29, 1.82) is 0 Å². The maximum Gasteiger partial charge on any atom is 0.244 e. The third-order valence-corrected chi connectivity index (χ3v) is 4.43. The van der Waals surface area contributed by atoms with Crippen LogP contribution in [0.1, 0.15) is 29.2 Å². The van der Waals surface area contributed by atoms with Crippen molar-refractivity contribution in [1.82, 2.24) is 0 Å². The number of nitrogens with one attached hydrogen (secondary N) is 1. The Kier molecular flexibility index (Phi) is 5.85.